The van der Waals surface area contributed by atoms with E-state index < -0.39 is 9.92 Å². The second-order valence-corrected chi connectivity index (χ2v) is 2.17. The van der Waals surface area contributed by atoms with Crippen molar-refractivity contribution in [2.75, 3.05) is 6.61 Å². The molecular weight excluding hydrogens is 106 g/mol. The molecule has 0 fully saturated rings. The fourth-order valence-electron chi connectivity index (χ4n) is 0.330. The van der Waals surface area contributed by atoms with Crippen LogP contribution in [0.15, 0.2) is 0 Å². The van der Waals surface area contributed by atoms with Crippen molar-refractivity contribution in [2.24, 2.45) is 5.40 Å². The molecule has 0 rings (SSSR count). The molecule has 0 aliphatic heterocycles. The highest BCUT2D eigenvalue weighted by Crippen LogP contribution is 1.83. The van der Waals surface area contributed by atoms with E-state index in [-0.39, 0.29) is 0 Å². The van der Waals surface area contributed by atoms with Crippen molar-refractivity contribution in [2.45, 2.75) is 19.8 Å². The molecule has 0 amide bonds. The maximum absolute atomic E-state index is 5.19. The number of nitrogens with two attached hydrogens (primary N) is 1. The van der Waals surface area contributed by atoms with Crippen molar-refractivity contribution in [3.63, 3.8) is 0 Å². The Hall–Kier alpha value is 0.137. The third kappa shape index (κ3) is 6.14. The minimum absolute atomic E-state index is 0.606. The summed E-state index contributed by atoms with van der Waals surface area (Å²) in [4.78, 5) is 0. The minimum atomic E-state index is -0.606. The van der Waals surface area contributed by atoms with Gasteiger partial charge in [-0.05, 0) is 6.42 Å². The molecule has 44 valence electrons. The van der Waals surface area contributed by atoms with Crippen LogP contribution in [-0.2, 0) is 4.43 Å². The van der Waals surface area contributed by atoms with Crippen LogP contribution in [0.2, 0.25) is 0 Å². The van der Waals surface area contributed by atoms with Crippen LogP contribution in [0.3, 0.4) is 0 Å². The van der Waals surface area contributed by atoms with Gasteiger partial charge in [0.25, 0.3) is 0 Å². The van der Waals surface area contributed by atoms with Gasteiger partial charge in [0.05, 0.1) is 0 Å². The fraction of sp³-hybridized carbons (Fsp3) is 1.00. The van der Waals surface area contributed by atoms with Gasteiger partial charge in [-0.3, -0.25) is 0 Å². The van der Waals surface area contributed by atoms with Gasteiger partial charge in [-0.2, -0.15) is 0 Å². The summed E-state index contributed by atoms with van der Waals surface area (Å²) in [5, 5.41) is 5.19. The molecule has 2 nitrogen and oxygen atoms in total. The summed E-state index contributed by atoms with van der Waals surface area (Å²) >= 11 is 0. The lowest BCUT2D eigenvalue weighted by atomic mass is 10.4. The van der Waals surface area contributed by atoms with Gasteiger partial charge >= 0.3 is 0 Å². The van der Waals surface area contributed by atoms with E-state index in [1.807, 2.05) is 0 Å². The van der Waals surface area contributed by atoms with Crippen molar-refractivity contribution in [3.05, 3.63) is 0 Å². The lowest BCUT2D eigenvalue weighted by molar-refractivity contribution is 0.326. The normalized spacial score (nSPS) is 11.1. The van der Waals surface area contributed by atoms with Gasteiger partial charge in [0.15, 0.2) is 0 Å². The Morgan fingerprint density at radius 2 is 2.43 bits per heavy atom. The summed E-state index contributed by atoms with van der Waals surface area (Å²) < 4.78 is 4.99. The van der Waals surface area contributed by atoms with Gasteiger partial charge in [-0.1, -0.05) is 13.3 Å². The molecule has 0 aromatic carbocycles. The van der Waals surface area contributed by atoms with Crippen LogP contribution in [-0.4, -0.2) is 16.5 Å². The van der Waals surface area contributed by atoms with E-state index in [1.54, 1.807) is 0 Å². The summed E-state index contributed by atoms with van der Waals surface area (Å²) in [5.41, 5.74) is 0. The van der Waals surface area contributed by atoms with Gasteiger partial charge in [0, 0.05) is 6.61 Å². The summed E-state index contributed by atoms with van der Waals surface area (Å²) in [6.45, 7) is 3.01. The summed E-state index contributed by atoms with van der Waals surface area (Å²) in [6, 6.07) is 0. The molecule has 0 aliphatic carbocycles. The fourth-order valence-corrected chi connectivity index (χ4v) is 0.701. The first-order valence-corrected chi connectivity index (χ1v) is 4.09. The van der Waals surface area contributed by atoms with Crippen LogP contribution in [0.1, 0.15) is 19.8 Å². The zero-order valence-corrected chi connectivity index (χ0v) is 6.23. The maximum Gasteiger partial charge on any atom is 0.233 e. The maximum atomic E-state index is 5.19. The molecule has 0 heterocycles. The molecule has 0 aromatic rings. The largest absolute Gasteiger partial charge is 0.409 e. The molecule has 7 heavy (non-hydrogen) atoms. The Morgan fingerprint density at radius 1 is 1.71 bits per heavy atom. The van der Waals surface area contributed by atoms with Crippen LogP contribution in [0.25, 0.3) is 0 Å². The summed E-state index contributed by atoms with van der Waals surface area (Å²) in [6.07, 6.45) is 2.36. The van der Waals surface area contributed by atoms with Gasteiger partial charge in [0.1, 0.15) is 0 Å². The van der Waals surface area contributed by atoms with E-state index in [0.29, 0.717) is 0 Å². The molecule has 0 radical (unpaired) electrons. The van der Waals surface area contributed by atoms with E-state index in [0.717, 1.165) is 13.0 Å². The van der Waals surface area contributed by atoms with Gasteiger partial charge < -0.3 is 9.83 Å². The SMILES string of the molecule is CCCCO[SiH2]N. The number of hydrogen-bond donors (Lipinski definition) is 1. The van der Waals surface area contributed by atoms with Crippen LogP contribution >= 0.6 is 0 Å². The Morgan fingerprint density at radius 3 is 2.86 bits per heavy atom. The van der Waals surface area contributed by atoms with Crippen molar-refractivity contribution >= 4 is 9.92 Å². The molecule has 0 spiro atoms. The standard InChI is InChI=1S/C4H13NOSi/c1-2-3-4-6-7-5/h2-5,7H2,1H3. The lowest BCUT2D eigenvalue weighted by Gasteiger charge is -1.94. The van der Waals surface area contributed by atoms with Gasteiger partial charge in [-0.25, -0.2) is 0 Å². The van der Waals surface area contributed by atoms with Crippen LogP contribution in [0, 0.1) is 0 Å². The van der Waals surface area contributed by atoms with Crippen molar-refractivity contribution in [1.82, 2.24) is 0 Å². The van der Waals surface area contributed by atoms with Crippen LogP contribution < -0.4 is 5.40 Å². The number of unbranched alkanes of at least 4 members (excludes halogenated alkanes) is 1. The molecule has 0 aliphatic rings. The van der Waals surface area contributed by atoms with Gasteiger partial charge in [-0.15, -0.1) is 0 Å². The second-order valence-electron chi connectivity index (χ2n) is 1.43. The topological polar surface area (TPSA) is 35.2 Å². The highest BCUT2D eigenvalue weighted by atomic mass is 28.2. The smallest absolute Gasteiger partial charge is 0.233 e. The second kappa shape index (κ2) is 6.14. The molecule has 2 N–H and O–H groups in total. The predicted octanol–water partition coefficient (Wildman–Crippen LogP) is -0.239. The van der Waals surface area contributed by atoms with E-state index in [2.05, 4.69) is 6.92 Å². The first-order valence-electron chi connectivity index (χ1n) is 2.69. The molecule has 0 saturated carbocycles. The zero-order valence-electron chi connectivity index (χ0n) is 4.81. The molecule has 0 atom stereocenters. The Labute approximate surface area is 47.1 Å². The number of rotatable bonds is 4. The molecular formula is C4H13NOSi. The van der Waals surface area contributed by atoms with E-state index in [4.69, 9.17) is 9.83 Å². The average Bonchev–Trinajstić information content (AvgIpc) is 1.69. The lowest BCUT2D eigenvalue weighted by Crippen LogP contribution is -2.10. The highest BCUT2D eigenvalue weighted by Gasteiger charge is 1.79. The molecule has 3 heteroatoms. The molecule has 0 saturated heterocycles. The first kappa shape index (κ1) is 7.14. The zero-order chi connectivity index (χ0) is 5.54. The van der Waals surface area contributed by atoms with Crippen LogP contribution in [0.4, 0.5) is 0 Å². The van der Waals surface area contributed by atoms with E-state index in [9.17, 15) is 0 Å². The Bertz CT molecular complexity index is 30.9. The first-order chi connectivity index (χ1) is 3.41. The van der Waals surface area contributed by atoms with Crippen molar-refractivity contribution < 1.29 is 4.43 Å². The monoisotopic (exact) mass is 119 g/mol. The third-order valence-corrected chi connectivity index (χ3v) is 1.28. The number of hydrogen-bond acceptors (Lipinski definition) is 2. The Balaban J connectivity index is 2.45. The molecule has 0 bridgehead atoms. The van der Waals surface area contributed by atoms with Gasteiger partial charge in [0.2, 0.25) is 9.92 Å². The van der Waals surface area contributed by atoms with E-state index >= 15 is 0 Å². The average molecular weight is 119 g/mol. The van der Waals surface area contributed by atoms with E-state index in [1.165, 1.54) is 6.42 Å². The minimum Gasteiger partial charge on any atom is -0.409 e. The van der Waals surface area contributed by atoms with Crippen molar-refractivity contribution in [3.8, 4) is 0 Å². The summed E-state index contributed by atoms with van der Waals surface area (Å²) in [5.74, 6) is 0. The predicted molar refractivity (Wildman–Crippen MR) is 33.6 cm³/mol. The highest BCUT2D eigenvalue weighted by molar-refractivity contribution is 6.22. The Kier molecular flexibility index (Phi) is 6.26. The molecule has 0 unspecified atom stereocenters. The third-order valence-electron chi connectivity index (χ3n) is 0.760. The van der Waals surface area contributed by atoms with Crippen LogP contribution in [0.5, 0.6) is 0 Å². The molecule has 0 aromatic heterocycles. The van der Waals surface area contributed by atoms with Crippen molar-refractivity contribution in [1.29, 1.82) is 0 Å². The quantitative estimate of drug-likeness (QED) is 0.409. The summed E-state index contributed by atoms with van der Waals surface area (Å²) in [7, 11) is -0.606.